The number of halogens is 2. The Morgan fingerprint density at radius 2 is 1.96 bits per heavy atom. The summed E-state index contributed by atoms with van der Waals surface area (Å²) >= 11 is 6.70. The third-order valence-electron chi connectivity index (χ3n) is 9.79. The van der Waals surface area contributed by atoms with E-state index in [0.717, 1.165) is 47.0 Å². The lowest BCUT2D eigenvalue weighted by Gasteiger charge is -2.42. The number of anilines is 1. The molecule has 2 aromatic heterocycles. The molecule has 0 N–H and O–H groups in total. The van der Waals surface area contributed by atoms with Crippen LogP contribution in [0.25, 0.3) is 32.9 Å². The molecule has 0 aliphatic carbocycles. The van der Waals surface area contributed by atoms with Crippen molar-refractivity contribution in [2.45, 2.75) is 69.8 Å². The number of aromatic nitrogens is 2. The molecule has 0 unspecified atom stereocenters. The van der Waals surface area contributed by atoms with E-state index >= 15 is 0 Å². The van der Waals surface area contributed by atoms with Crippen molar-refractivity contribution < 1.29 is 18.7 Å². The average Bonchev–Trinajstić information content (AvgIpc) is 3.58. The molecule has 3 aliphatic heterocycles. The largest absolute Gasteiger partial charge is 0.476 e. The van der Waals surface area contributed by atoms with E-state index in [1.807, 2.05) is 75.5 Å². The van der Waals surface area contributed by atoms with E-state index in [0.29, 0.717) is 61.1 Å². The Balaban J connectivity index is 1.27. The monoisotopic (exact) mass is 670 g/mol. The standard InChI is InChI=1S/C37H40ClFN6O3/c1-36(2,3)48-35(46)45-16-15-43(22-27(45)11-13-40)31-18-32(47-23-37-12-6-14-44(37)21-26(39)19-37)42-30-17-25(20-41-34(30)31)28-9-4-7-24-8-5-10-29(38)33(24)28/h4-5,7-10,17-18,20,26-27H,6,11-12,14-16,19,21-23H2,1-3H3/t26-,27+,37+/m1/s1. The number of amides is 1. The average molecular weight is 671 g/mol. The van der Waals surface area contributed by atoms with Gasteiger partial charge in [-0.2, -0.15) is 5.26 Å². The molecule has 2 aromatic carbocycles. The number of carbonyl (C=O) groups excluding carboxylic acids is 1. The van der Waals surface area contributed by atoms with Crippen LogP contribution in [0.2, 0.25) is 5.02 Å². The van der Waals surface area contributed by atoms with Crippen LogP contribution in [-0.4, -0.2) is 88.5 Å². The predicted molar refractivity (Wildman–Crippen MR) is 185 cm³/mol. The van der Waals surface area contributed by atoms with Gasteiger partial charge in [0.05, 0.1) is 35.3 Å². The Kier molecular flexibility index (Phi) is 8.55. The molecule has 11 heteroatoms. The fourth-order valence-corrected chi connectivity index (χ4v) is 7.93. The number of piperazine rings is 1. The van der Waals surface area contributed by atoms with Crippen LogP contribution < -0.4 is 9.64 Å². The summed E-state index contributed by atoms with van der Waals surface area (Å²) < 4.78 is 26.7. The van der Waals surface area contributed by atoms with Gasteiger partial charge in [-0.1, -0.05) is 41.9 Å². The highest BCUT2D eigenvalue weighted by Gasteiger charge is 2.49. The zero-order chi connectivity index (χ0) is 33.6. The maximum atomic E-state index is 14.6. The molecule has 48 heavy (non-hydrogen) atoms. The van der Waals surface area contributed by atoms with Crippen LogP contribution in [0.5, 0.6) is 5.88 Å². The fraction of sp³-hybridized carbons (Fsp3) is 0.459. The summed E-state index contributed by atoms with van der Waals surface area (Å²) in [4.78, 5) is 29.1. The minimum atomic E-state index is -0.855. The maximum Gasteiger partial charge on any atom is 0.410 e. The van der Waals surface area contributed by atoms with Crippen molar-refractivity contribution in [3.05, 3.63) is 59.8 Å². The summed E-state index contributed by atoms with van der Waals surface area (Å²) in [5, 5.41) is 12.3. The summed E-state index contributed by atoms with van der Waals surface area (Å²) in [7, 11) is 0. The molecule has 7 rings (SSSR count). The number of nitrogens with zero attached hydrogens (tertiary/aromatic N) is 6. The van der Waals surface area contributed by atoms with Crippen LogP contribution >= 0.6 is 11.6 Å². The van der Waals surface area contributed by atoms with Crippen molar-refractivity contribution in [2.75, 3.05) is 44.2 Å². The van der Waals surface area contributed by atoms with Crippen LogP contribution in [0.1, 0.15) is 46.5 Å². The Hall–Kier alpha value is -4.20. The summed E-state index contributed by atoms with van der Waals surface area (Å²) in [6.45, 7) is 8.47. The number of hydrogen-bond donors (Lipinski definition) is 0. The Bertz CT molecular complexity index is 1910. The van der Waals surface area contributed by atoms with E-state index in [1.54, 1.807) is 4.90 Å². The number of rotatable bonds is 6. The molecule has 3 saturated heterocycles. The highest BCUT2D eigenvalue weighted by molar-refractivity contribution is 6.36. The van der Waals surface area contributed by atoms with Crippen LogP contribution in [0.15, 0.2) is 54.7 Å². The topological polar surface area (TPSA) is 94.8 Å². The summed E-state index contributed by atoms with van der Waals surface area (Å²) in [6, 6.07) is 17.7. The lowest BCUT2D eigenvalue weighted by atomic mass is 9.95. The lowest BCUT2D eigenvalue weighted by Crippen LogP contribution is -2.56. The van der Waals surface area contributed by atoms with Gasteiger partial charge >= 0.3 is 6.09 Å². The van der Waals surface area contributed by atoms with E-state index < -0.39 is 17.9 Å². The molecule has 0 spiro atoms. The fourth-order valence-electron chi connectivity index (χ4n) is 7.64. The molecule has 0 bridgehead atoms. The first-order valence-electron chi connectivity index (χ1n) is 16.7. The van der Waals surface area contributed by atoms with Crippen molar-refractivity contribution in [3.8, 4) is 23.1 Å². The second-order valence-corrected chi connectivity index (χ2v) is 14.6. The van der Waals surface area contributed by atoms with Gasteiger partial charge in [0.2, 0.25) is 5.88 Å². The van der Waals surface area contributed by atoms with E-state index in [-0.39, 0.29) is 18.0 Å². The van der Waals surface area contributed by atoms with E-state index in [2.05, 4.69) is 15.9 Å². The SMILES string of the molecule is CC(C)(C)OC(=O)N1CCN(c2cc(OC[C@@]34CCCN3C[C@H](F)C4)nc3cc(-c4cccc5cccc(Cl)c45)cnc23)C[C@@H]1CC#N. The molecule has 0 saturated carbocycles. The van der Waals surface area contributed by atoms with E-state index in [1.165, 1.54) is 0 Å². The minimum absolute atomic E-state index is 0.157. The number of nitriles is 1. The zero-order valence-electron chi connectivity index (χ0n) is 27.6. The number of benzene rings is 2. The Labute approximate surface area is 285 Å². The van der Waals surface area contributed by atoms with Gasteiger partial charge in [-0.3, -0.25) is 9.88 Å². The van der Waals surface area contributed by atoms with Crippen molar-refractivity contribution in [2.24, 2.45) is 0 Å². The third-order valence-corrected chi connectivity index (χ3v) is 10.1. The van der Waals surface area contributed by atoms with Gasteiger partial charge in [0.1, 0.15) is 23.9 Å². The summed E-state index contributed by atoms with van der Waals surface area (Å²) in [6.07, 6.45) is 3.09. The van der Waals surface area contributed by atoms with Gasteiger partial charge in [0.25, 0.3) is 0 Å². The van der Waals surface area contributed by atoms with Gasteiger partial charge in [0.15, 0.2) is 0 Å². The van der Waals surface area contributed by atoms with Crippen LogP contribution in [0.3, 0.4) is 0 Å². The Morgan fingerprint density at radius 1 is 1.15 bits per heavy atom. The number of hydrogen-bond acceptors (Lipinski definition) is 8. The zero-order valence-corrected chi connectivity index (χ0v) is 28.3. The molecule has 1 amide bonds. The second-order valence-electron chi connectivity index (χ2n) is 14.2. The van der Waals surface area contributed by atoms with Gasteiger partial charge in [0, 0.05) is 60.8 Å². The third kappa shape index (κ3) is 6.22. The van der Waals surface area contributed by atoms with Crippen LogP contribution in [0, 0.1) is 11.3 Å². The molecule has 250 valence electrons. The van der Waals surface area contributed by atoms with Crippen molar-refractivity contribution in [1.29, 1.82) is 5.26 Å². The van der Waals surface area contributed by atoms with E-state index in [4.69, 9.17) is 31.0 Å². The van der Waals surface area contributed by atoms with Gasteiger partial charge in [-0.25, -0.2) is 14.2 Å². The molecule has 4 aromatic rings. The molecule has 5 heterocycles. The van der Waals surface area contributed by atoms with Crippen LogP contribution in [0.4, 0.5) is 14.9 Å². The number of pyridine rings is 2. The quantitative estimate of drug-likeness (QED) is 0.210. The number of alkyl halides is 1. The first-order valence-corrected chi connectivity index (χ1v) is 17.0. The van der Waals surface area contributed by atoms with Crippen molar-refractivity contribution in [3.63, 3.8) is 0 Å². The lowest BCUT2D eigenvalue weighted by molar-refractivity contribution is 0.0145. The summed E-state index contributed by atoms with van der Waals surface area (Å²) in [5.74, 6) is 0.433. The van der Waals surface area contributed by atoms with Crippen LogP contribution in [-0.2, 0) is 4.74 Å². The highest BCUT2D eigenvalue weighted by atomic mass is 35.5. The van der Waals surface area contributed by atoms with Gasteiger partial charge < -0.3 is 19.3 Å². The number of ether oxygens (including phenoxy) is 2. The molecule has 0 radical (unpaired) electrons. The highest BCUT2D eigenvalue weighted by Crippen LogP contribution is 2.41. The van der Waals surface area contributed by atoms with Crippen molar-refractivity contribution >= 4 is 45.2 Å². The molecule has 3 fully saturated rings. The molecule has 3 atom stereocenters. The maximum absolute atomic E-state index is 14.6. The molecular weight excluding hydrogens is 631 g/mol. The number of fused-ring (bicyclic) bond motifs is 3. The second kappa shape index (κ2) is 12.7. The predicted octanol–water partition coefficient (Wildman–Crippen LogP) is 7.40. The first kappa shape index (κ1) is 32.4. The summed E-state index contributed by atoms with van der Waals surface area (Å²) in [5.41, 5.74) is 2.97. The smallest absolute Gasteiger partial charge is 0.410 e. The number of carbonyl (C=O) groups is 1. The normalized spacial score (nSPS) is 23.0. The minimum Gasteiger partial charge on any atom is -0.476 e. The Morgan fingerprint density at radius 3 is 2.75 bits per heavy atom. The first-order chi connectivity index (χ1) is 23.0. The van der Waals surface area contributed by atoms with E-state index in [9.17, 15) is 14.4 Å². The molecule has 3 aliphatic rings. The van der Waals surface area contributed by atoms with Crippen molar-refractivity contribution in [1.82, 2.24) is 19.8 Å². The van der Waals surface area contributed by atoms with Gasteiger partial charge in [-0.15, -0.1) is 0 Å². The molecule has 9 nitrogen and oxygen atoms in total. The van der Waals surface area contributed by atoms with Gasteiger partial charge in [-0.05, 0) is 63.2 Å². The molecular formula is C37H40ClFN6O3.